The summed E-state index contributed by atoms with van der Waals surface area (Å²) in [5, 5.41) is 11.9. The van der Waals surface area contributed by atoms with Crippen molar-refractivity contribution in [2.45, 2.75) is 41.0 Å². The van der Waals surface area contributed by atoms with E-state index < -0.39 is 5.97 Å². The molecular formula is C16H23NO3. The molecule has 1 amide bonds. The Hall–Kier alpha value is -1.84. The summed E-state index contributed by atoms with van der Waals surface area (Å²) >= 11 is 0. The standard InChI is InChI=1S/C16H23NO3/c1-10(16(3,4)5)9-14(18)17-13-8-6-7-12(11(13)2)15(19)20/h6-8,10H,9H2,1-5H3,(H,17,18)(H,19,20). The third kappa shape index (κ3) is 4.08. The topological polar surface area (TPSA) is 66.4 Å². The smallest absolute Gasteiger partial charge is 0.336 e. The summed E-state index contributed by atoms with van der Waals surface area (Å²) in [5.41, 5.74) is 1.43. The van der Waals surface area contributed by atoms with Gasteiger partial charge in [0.2, 0.25) is 5.91 Å². The Morgan fingerprint density at radius 3 is 2.40 bits per heavy atom. The molecule has 0 radical (unpaired) electrons. The van der Waals surface area contributed by atoms with Crippen LogP contribution in [-0.2, 0) is 4.79 Å². The molecule has 0 saturated carbocycles. The van der Waals surface area contributed by atoms with E-state index >= 15 is 0 Å². The van der Waals surface area contributed by atoms with Crippen LogP contribution >= 0.6 is 0 Å². The lowest BCUT2D eigenvalue weighted by atomic mass is 9.80. The van der Waals surface area contributed by atoms with Crippen molar-refractivity contribution in [3.8, 4) is 0 Å². The molecule has 110 valence electrons. The number of carbonyl (C=O) groups excluding carboxylic acids is 1. The van der Waals surface area contributed by atoms with Crippen molar-refractivity contribution in [3.63, 3.8) is 0 Å². The summed E-state index contributed by atoms with van der Waals surface area (Å²) in [4.78, 5) is 23.1. The maximum atomic E-state index is 12.0. The first-order valence-corrected chi connectivity index (χ1v) is 6.75. The Balaban J connectivity index is 2.82. The maximum Gasteiger partial charge on any atom is 0.336 e. The van der Waals surface area contributed by atoms with Crippen molar-refractivity contribution in [1.82, 2.24) is 0 Å². The van der Waals surface area contributed by atoms with Gasteiger partial charge >= 0.3 is 5.97 Å². The number of anilines is 1. The van der Waals surface area contributed by atoms with E-state index in [9.17, 15) is 9.59 Å². The summed E-state index contributed by atoms with van der Waals surface area (Å²) in [5.74, 6) is -0.829. The van der Waals surface area contributed by atoms with Crippen LogP contribution in [0.15, 0.2) is 18.2 Å². The Morgan fingerprint density at radius 1 is 1.30 bits per heavy atom. The SMILES string of the molecule is Cc1c(NC(=O)CC(C)C(C)(C)C)cccc1C(=O)O. The van der Waals surface area contributed by atoms with Gasteiger partial charge in [0.05, 0.1) is 5.56 Å². The van der Waals surface area contributed by atoms with E-state index in [2.05, 4.69) is 26.1 Å². The van der Waals surface area contributed by atoms with Crippen LogP contribution < -0.4 is 5.32 Å². The minimum absolute atomic E-state index is 0.0648. The molecule has 0 fully saturated rings. The van der Waals surface area contributed by atoms with Crippen molar-refractivity contribution in [2.24, 2.45) is 11.3 Å². The van der Waals surface area contributed by atoms with Crippen LogP contribution in [-0.4, -0.2) is 17.0 Å². The second kappa shape index (κ2) is 6.07. The molecule has 4 heteroatoms. The van der Waals surface area contributed by atoms with Gasteiger partial charge in [-0.3, -0.25) is 4.79 Å². The molecule has 1 unspecified atom stereocenters. The average molecular weight is 277 g/mol. The van der Waals surface area contributed by atoms with E-state index in [1.54, 1.807) is 19.1 Å². The average Bonchev–Trinajstić information content (AvgIpc) is 2.30. The van der Waals surface area contributed by atoms with Crippen LogP contribution in [0.5, 0.6) is 0 Å². The van der Waals surface area contributed by atoms with Gasteiger partial charge in [0, 0.05) is 12.1 Å². The largest absolute Gasteiger partial charge is 0.478 e. The fourth-order valence-corrected chi connectivity index (χ4v) is 1.79. The lowest BCUT2D eigenvalue weighted by Gasteiger charge is -2.26. The highest BCUT2D eigenvalue weighted by atomic mass is 16.4. The molecule has 1 atom stereocenters. The van der Waals surface area contributed by atoms with Crippen LogP contribution in [0.3, 0.4) is 0 Å². The summed E-state index contributed by atoms with van der Waals surface area (Å²) in [6.45, 7) is 10.0. The molecule has 1 aromatic rings. The van der Waals surface area contributed by atoms with Crippen LogP contribution in [0, 0.1) is 18.3 Å². The normalized spacial score (nSPS) is 12.8. The second-order valence-corrected chi connectivity index (χ2v) is 6.30. The molecule has 4 nitrogen and oxygen atoms in total. The van der Waals surface area contributed by atoms with Crippen molar-refractivity contribution >= 4 is 17.6 Å². The van der Waals surface area contributed by atoms with Crippen LogP contribution in [0.2, 0.25) is 0 Å². The minimum Gasteiger partial charge on any atom is -0.478 e. The fraction of sp³-hybridized carbons (Fsp3) is 0.500. The van der Waals surface area contributed by atoms with Gasteiger partial charge in [-0.25, -0.2) is 4.79 Å². The molecule has 0 aliphatic carbocycles. The van der Waals surface area contributed by atoms with Crippen molar-refractivity contribution in [1.29, 1.82) is 0 Å². The predicted octanol–water partition coefficient (Wildman–Crippen LogP) is 3.70. The first-order chi connectivity index (χ1) is 9.12. The molecule has 0 aromatic heterocycles. The van der Waals surface area contributed by atoms with Crippen molar-refractivity contribution in [3.05, 3.63) is 29.3 Å². The predicted molar refractivity (Wildman–Crippen MR) is 80.0 cm³/mol. The molecule has 0 aliphatic rings. The monoisotopic (exact) mass is 277 g/mol. The Morgan fingerprint density at radius 2 is 1.90 bits per heavy atom. The highest BCUT2D eigenvalue weighted by Crippen LogP contribution is 2.28. The molecule has 2 N–H and O–H groups in total. The van der Waals surface area contributed by atoms with Gasteiger partial charge in [0.25, 0.3) is 0 Å². The highest BCUT2D eigenvalue weighted by Gasteiger charge is 2.23. The lowest BCUT2D eigenvalue weighted by molar-refractivity contribution is -0.117. The summed E-state index contributed by atoms with van der Waals surface area (Å²) in [6, 6.07) is 4.89. The molecule has 0 heterocycles. The molecule has 0 spiro atoms. The van der Waals surface area contributed by atoms with E-state index in [4.69, 9.17) is 5.11 Å². The lowest BCUT2D eigenvalue weighted by Crippen LogP contribution is -2.24. The van der Waals surface area contributed by atoms with E-state index in [-0.39, 0.29) is 22.8 Å². The molecule has 1 rings (SSSR count). The van der Waals surface area contributed by atoms with Gasteiger partial charge in [0.1, 0.15) is 0 Å². The zero-order valence-corrected chi connectivity index (χ0v) is 12.8. The number of hydrogen-bond acceptors (Lipinski definition) is 2. The molecule has 20 heavy (non-hydrogen) atoms. The van der Waals surface area contributed by atoms with Gasteiger partial charge in [-0.05, 0) is 36.0 Å². The molecule has 0 bridgehead atoms. The second-order valence-electron chi connectivity index (χ2n) is 6.30. The van der Waals surface area contributed by atoms with E-state index in [0.717, 1.165) is 0 Å². The van der Waals surface area contributed by atoms with E-state index in [1.807, 2.05) is 6.92 Å². The third-order valence-electron chi connectivity index (χ3n) is 3.81. The Kier molecular flexibility index (Phi) is 4.93. The third-order valence-corrected chi connectivity index (χ3v) is 3.81. The number of carboxylic acid groups (broad SMARTS) is 1. The summed E-state index contributed by atoms with van der Waals surface area (Å²) in [6.07, 6.45) is 0.417. The first kappa shape index (κ1) is 16.2. The van der Waals surface area contributed by atoms with Gasteiger partial charge in [-0.15, -0.1) is 0 Å². The number of rotatable bonds is 4. The van der Waals surface area contributed by atoms with Crippen molar-refractivity contribution in [2.75, 3.05) is 5.32 Å². The number of hydrogen-bond donors (Lipinski definition) is 2. The minimum atomic E-state index is -0.985. The van der Waals surface area contributed by atoms with Gasteiger partial charge in [-0.1, -0.05) is 33.8 Å². The van der Waals surface area contributed by atoms with Crippen molar-refractivity contribution < 1.29 is 14.7 Å². The summed E-state index contributed by atoms with van der Waals surface area (Å²) < 4.78 is 0. The zero-order valence-electron chi connectivity index (χ0n) is 12.8. The quantitative estimate of drug-likeness (QED) is 0.881. The molecule has 0 aliphatic heterocycles. The number of aromatic carboxylic acids is 1. The van der Waals surface area contributed by atoms with Crippen LogP contribution in [0.25, 0.3) is 0 Å². The molecule has 1 aromatic carbocycles. The highest BCUT2D eigenvalue weighted by molar-refractivity contribution is 5.96. The summed E-state index contributed by atoms with van der Waals surface area (Å²) in [7, 11) is 0. The number of nitrogens with one attached hydrogen (secondary N) is 1. The van der Waals surface area contributed by atoms with Crippen LogP contribution in [0.1, 0.15) is 50.0 Å². The number of carbonyl (C=O) groups is 2. The molecular weight excluding hydrogens is 254 g/mol. The number of benzene rings is 1. The first-order valence-electron chi connectivity index (χ1n) is 6.75. The molecule has 0 saturated heterocycles. The Labute approximate surface area is 120 Å². The van der Waals surface area contributed by atoms with E-state index in [1.165, 1.54) is 6.07 Å². The Bertz CT molecular complexity index is 515. The van der Waals surface area contributed by atoms with Gasteiger partial charge in [-0.2, -0.15) is 0 Å². The van der Waals surface area contributed by atoms with Gasteiger partial charge in [0.15, 0.2) is 0 Å². The number of carboxylic acids is 1. The maximum absolute atomic E-state index is 12.0. The van der Waals surface area contributed by atoms with Gasteiger partial charge < -0.3 is 10.4 Å². The number of amides is 1. The zero-order chi connectivity index (χ0) is 15.5. The fourth-order valence-electron chi connectivity index (χ4n) is 1.79. The van der Waals surface area contributed by atoms with E-state index in [0.29, 0.717) is 17.7 Å². The van der Waals surface area contributed by atoms with Crippen LogP contribution in [0.4, 0.5) is 5.69 Å².